The third kappa shape index (κ3) is 11.2. The summed E-state index contributed by atoms with van der Waals surface area (Å²) >= 11 is 1.49. The Balaban J connectivity index is 1.94. The molecule has 8 nitrogen and oxygen atoms in total. The van der Waals surface area contributed by atoms with Crippen LogP contribution >= 0.6 is 11.8 Å². The molecule has 3 amide bonds. The summed E-state index contributed by atoms with van der Waals surface area (Å²) in [6.45, 7) is 6.85. The van der Waals surface area contributed by atoms with Crippen LogP contribution in [0.2, 0.25) is 0 Å². The van der Waals surface area contributed by atoms with Gasteiger partial charge in [-0.2, -0.15) is 11.8 Å². The third-order valence-corrected chi connectivity index (χ3v) is 8.36. The minimum absolute atomic E-state index is 0.142. The molecule has 0 heterocycles. The van der Waals surface area contributed by atoms with Crippen LogP contribution in [-0.4, -0.2) is 82.2 Å². The first-order valence-corrected chi connectivity index (χ1v) is 17.2. The number of nitrogens with zero attached hydrogens (tertiary/aromatic N) is 1. The smallest absolute Gasteiger partial charge is 0.253 e. The SMILES string of the molecule is CCCN(CCC)C(=O)c1cc(C)cc(C(=O)N[C@@H](Cc2cc(F)cc(F)c2)[C@@H](O)[C@H](O)[C@@H](CCSC)NC(=O)c2ccccc2)c1. The zero-order chi connectivity index (χ0) is 34.5. The number of benzene rings is 3. The van der Waals surface area contributed by atoms with Gasteiger partial charge in [-0.25, -0.2) is 8.78 Å². The van der Waals surface area contributed by atoms with Crippen molar-refractivity contribution < 1.29 is 33.4 Å². The lowest BCUT2D eigenvalue weighted by molar-refractivity contribution is -0.0224. The van der Waals surface area contributed by atoms with Crippen molar-refractivity contribution in [1.29, 1.82) is 0 Å². The molecule has 3 rings (SSSR count). The lowest BCUT2D eigenvalue weighted by Gasteiger charge is -2.33. The van der Waals surface area contributed by atoms with Crippen molar-refractivity contribution in [3.05, 3.63) is 106 Å². The number of amides is 3. The van der Waals surface area contributed by atoms with Crippen LogP contribution in [0.4, 0.5) is 8.78 Å². The molecule has 4 N–H and O–H groups in total. The third-order valence-electron chi connectivity index (χ3n) is 7.72. The minimum Gasteiger partial charge on any atom is -0.388 e. The summed E-state index contributed by atoms with van der Waals surface area (Å²) in [6, 6.07) is 13.9. The van der Waals surface area contributed by atoms with E-state index in [2.05, 4.69) is 10.6 Å². The Morgan fingerprint density at radius 1 is 0.787 bits per heavy atom. The second-order valence-corrected chi connectivity index (χ2v) is 12.6. The summed E-state index contributed by atoms with van der Waals surface area (Å²) in [4.78, 5) is 41.8. The molecular formula is C36H45F2N3O5S. The standard InChI is InChI=1S/C36H45F2N3O5S/c1-5-13-41(14-6-2)36(46)27-17-23(3)16-26(21-27)35(45)40-31(20-24-18-28(37)22-29(38)19-24)33(43)32(42)30(12-15-47-4)39-34(44)25-10-8-7-9-11-25/h7-11,16-19,21-22,30-33,42-43H,5-6,12-15,20H2,1-4H3,(H,39,44)(H,40,45)/t30-,31+,32-,33-/m1/s1. The number of carbonyl (C=O) groups excluding carboxylic acids is 3. The predicted octanol–water partition coefficient (Wildman–Crippen LogP) is 5.15. The molecule has 254 valence electrons. The molecule has 0 fully saturated rings. The fourth-order valence-corrected chi connectivity index (χ4v) is 5.95. The molecule has 4 atom stereocenters. The predicted molar refractivity (Wildman–Crippen MR) is 182 cm³/mol. The molecule has 3 aromatic rings. The van der Waals surface area contributed by atoms with Crippen molar-refractivity contribution in [2.45, 2.75) is 70.7 Å². The lowest BCUT2D eigenvalue weighted by Crippen LogP contribution is -2.56. The first-order valence-electron chi connectivity index (χ1n) is 15.8. The van der Waals surface area contributed by atoms with Gasteiger partial charge in [0, 0.05) is 35.8 Å². The summed E-state index contributed by atoms with van der Waals surface area (Å²) in [5.41, 5.74) is 1.66. The second kappa shape index (κ2) is 18.5. The zero-order valence-electron chi connectivity index (χ0n) is 27.3. The highest BCUT2D eigenvalue weighted by Gasteiger charge is 2.34. The highest BCUT2D eigenvalue weighted by atomic mass is 32.2. The number of aliphatic hydroxyl groups is 2. The van der Waals surface area contributed by atoms with Gasteiger partial charge in [-0.1, -0.05) is 32.0 Å². The van der Waals surface area contributed by atoms with Gasteiger partial charge in [-0.05, 0) is 98.2 Å². The maximum atomic E-state index is 14.2. The van der Waals surface area contributed by atoms with E-state index in [1.807, 2.05) is 20.1 Å². The Morgan fingerprint density at radius 2 is 1.34 bits per heavy atom. The Labute approximate surface area is 280 Å². The van der Waals surface area contributed by atoms with Crippen LogP contribution in [0, 0.1) is 18.6 Å². The quantitative estimate of drug-likeness (QED) is 0.158. The number of rotatable bonds is 17. The van der Waals surface area contributed by atoms with E-state index in [-0.39, 0.29) is 23.5 Å². The molecule has 0 aromatic heterocycles. The van der Waals surface area contributed by atoms with Crippen LogP contribution < -0.4 is 10.6 Å². The van der Waals surface area contributed by atoms with Gasteiger partial charge >= 0.3 is 0 Å². The van der Waals surface area contributed by atoms with Crippen LogP contribution in [0.5, 0.6) is 0 Å². The number of hydrogen-bond acceptors (Lipinski definition) is 6. The number of carbonyl (C=O) groups is 3. The molecule has 47 heavy (non-hydrogen) atoms. The maximum absolute atomic E-state index is 14.2. The second-order valence-electron chi connectivity index (χ2n) is 11.7. The summed E-state index contributed by atoms with van der Waals surface area (Å²) in [5, 5.41) is 28.5. The monoisotopic (exact) mass is 669 g/mol. The van der Waals surface area contributed by atoms with Crippen LogP contribution in [0.1, 0.15) is 75.3 Å². The molecule has 0 aliphatic carbocycles. The molecule has 0 aliphatic rings. The van der Waals surface area contributed by atoms with Crippen LogP contribution in [0.15, 0.2) is 66.7 Å². The summed E-state index contributed by atoms with van der Waals surface area (Å²) in [5.74, 6) is -2.44. The van der Waals surface area contributed by atoms with E-state index >= 15 is 0 Å². The molecule has 0 radical (unpaired) electrons. The van der Waals surface area contributed by atoms with Gasteiger partial charge in [-0.3, -0.25) is 14.4 Å². The molecule has 0 unspecified atom stereocenters. The number of halogens is 2. The van der Waals surface area contributed by atoms with Gasteiger partial charge in [0.1, 0.15) is 23.8 Å². The number of thioether (sulfide) groups is 1. The average molecular weight is 670 g/mol. The van der Waals surface area contributed by atoms with Crippen molar-refractivity contribution in [2.24, 2.45) is 0 Å². The zero-order valence-corrected chi connectivity index (χ0v) is 28.2. The highest BCUT2D eigenvalue weighted by molar-refractivity contribution is 7.98. The minimum atomic E-state index is -1.66. The van der Waals surface area contributed by atoms with E-state index in [1.165, 1.54) is 17.8 Å². The number of aryl methyl sites for hydroxylation is 1. The van der Waals surface area contributed by atoms with E-state index in [4.69, 9.17) is 0 Å². The molecule has 0 saturated heterocycles. The van der Waals surface area contributed by atoms with Gasteiger partial charge in [0.2, 0.25) is 0 Å². The molecule has 0 spiro atoms. The van der Waals surface area contributed by atoms with Crippen molar-refractivity contribution in [3.8, 4) is 0 Å². The first-order chi connectivity index (χ1) is 22.5. The van der Waals surface area contributed by atoms with E-state index in [9.17, 15) is 33.4 Å². The lowest BCUT2D eigenvalue weighted by atomic mass is 9.92. The molecule has 0 aliphatic heterocycles. The van der Waals surface area contributed by atoms with Gasteiger partial charge in [-0.15, -0.1) is 0 Å². The fraction of sp³-hybridized carbons (Fsp3) is 0.417. The molecule has 3 aromatic carbocycles. The molecule has 11 heteroatoms. The van der Waals surface area contributed by atoms with Crippen LogP contribution in [0.3, 0.4) is 0 Å². The fourth-order valence-electron chi connectivity index (χ4n) is 5.46. The van der Waals surface area contributed by atoms with Crippen molar-refractivity contribution in [2.75, 3.05) is 25.1 Å². The van der Waals surface area contributed by atoms with Gasteiger partial charge < -0.3 is 25.7 Å². The highest BCUT2D eigenvalue weighted by Crippen LogP contribution is 2.19. The normalized spacial score (nSPS) is 13.7. The molecular weight excluding hydrogens is 624 g/mol. The summed E-state index contributed by atoms with van der Waals surface area (Å²) < 4.78 is 28.3. The Morgan fingerprint density at radius 3 is 1.94 bits per heavy atom. The summed E-state index contributed by atoms with van der Waals surface area (Å²) in [6.07, 6.45) is 0.245. The molecule has 0 saturated carbocycles. The Kier molecular flexibility index (Phi) is 14.8. The number of hydrogen-bond donors (Lipinski definition) is 4. The van der Waals surface area contributed by atoms with Crippen LogP contribution in [-0.2, 0) is 6.42 Å². The van der Waals surface area contributed by atoms with E-state index in [0.29, 0.717) is 48.0 Å². The maximum Gasteiger partial charge on any atom is 0.253 e. The Hall–Kier alpha value is -3.80. The van der Waals surface area contributed by atoms with E-state index in [1.54, 1.807) is 54.3 Å². The van der Waals surface area contributed by atoms with Crippen LogP contribution in [0.25, 0.3) is 0 Å². The van der Waals surface area contributed by atoms with E-state index in [0.717, 1.165) is 25.0 Å². The van der Waals surface area contributed by atoms with Gasteiger partial charge in [0.25, 0.3) is 17.7 Å². The Bertz CT molecular complexity index is 1470. The number of nitrogens with one attached hydrogen (secondary N) is 2. The van der Waals surface area contributed by atoms with Gasteiger partial charge in [0.05, 0.1) is 12.1 Å². The molecule has 0 bridgehead atoms. The van der Waals surface area contributed by atoms with Crippen molar-refractivity contribution in [3.63, 3.8) is 0 Å². The largest absolute Gasteiger partial charge is 0.388 e. The van der Waals surface area contributed by atoms with Crippen molar-refractivity contribution in [1.82, 2.24) is 15.5 Å². The van der Waals surface area contributed by atoms with Gasteiger partial charge in [0.15, 0.2) is 0 Å². The summed E-state index contributed by atoms with van der Waals surface area (Å²) in [7, 11) is 0. The van der Waals surface area contributed by atoms with E-state index < -0.39 is 47.7 Å². The average Bonchev–Trinajstić information content (AvgIpc) is 3.04. The topological polar surface area (TPSA) is 119 Å². The van der Waals surface area contributed by atoms with Crippen molar-refractivity contribution >= 4 is 29.5 Å². The number of aliphatic hydroxyl groups excluding tert-OH is 2. The first kappa shape index (κ1) is 37.7.